The summed E-state index contributed by atoms with van der Waals surface area (Å²) >= 11 is 0. The van der Waals surface area contributed by atoms with Gasteiger partial charge in [0.1, 0.15) is 0 Å². The first-order valence-electron chi connectivity index (χ1n) is 10.7. The fraction of sp³-hybridized carbons (Fsp3) is 0.417. The average molecular weight is 396 g/mol. The van der Waals surface area contributed by atoms with E-state index < -0.39 is 0 Å². The Kier molecular flexibility index (Phi) is 10.5. The molecule has 0 heterocycles. The fourth-order valence-electron chi connectivity index (χ4n) is 3.03. The molecule has 0 spiro atoms. The summed E-state index contributed by atoms with van der Waals surface area (Å²) < 4.78 is 0. The van der Waals surface area contributed by atoms with Gasteiger partial charge in [0, 0.05) is 24.2 Å². The van der Waals surface area contributed by atoms with Crippen LogP contribution in [0.5, 0.6) is 0 Å². The lowest BCUT2D eigenvalue weighted by Gasteiger charge is -2.09. The summed E-state index contributed by atoms with van der Waals surface area (Å²) in [5.41, 5.74) is 7.92. The first-order valence-corrected chi connectivity index (χ1v) is 10.7. The zero-order chi connectivity index (χ0) is 20.7. The summed E-state index contributed by atoms with van der Waals surface area (Å²) in [6, 6.07) is 16.4. The maximum atomic E-state index is 12.2. The number of carbonyl (C=O) groups excluding carboxylic acids is 2. The van der Waals surface area contributed by atoms with E-state index in [0.717, 1.165) is 18.5 Å². The first-order chi connectivity index (χ1) is 14.2. The molecule has 2 rings (SSSR count). The average Bonchev–Trinajstić information content (AvgIpc) is 2.77. The molecule has 156 valence electrons. The lowest BCUT2D eigenvalue weighted by Crippen LogP contribution is -2.37. The van der Waals surface area contributed by atoms with Crippen LogP contribution in [0.15, 0.2) is 54.6 Å². The SMILES string of the molecule is CCCCCCCCCNNC(=O)c1ccc(CNC(=O)c2ccccc2)cc1. The third kappa shape index (κ3) is 8.92. The molecule has 0 aliphatic carbocycles. The number of hydrazine groups is 1. The molecule has 0 saturated heterocycles. The number of hydrogen-bond acceptors (Lipinski definition) is 3. The molecule has 0 aliphatic heterocycles. The predicted octanol–water partition coefficient (Wildman–Crippen LogP) is 4.60. The van der Waals surface area contributed by atoms with E-state index in [1.807, 2.05) is 30.3 Å². The van der Waals surface area contributed by atoms with E-state index in [1.54, 1.807) is 24.3 Å². The summed E-state index contributed by atoms with van der Waals surface area (Å²) in [4.78, 5) is 24.2. The molecule has 0 unspecified atom stereocenters. The Balaban J connectivity index is 1.62. The smallest absolute Gasteiger partial charge is 0.265 e. The number of nitrogens with one attached hydrogen (secondary N) is 3. The van der Waals surface area contributed by atoms with Crippen LogP contribution in [0, 0.1) is 0 Å². The van der Waals surface area contributed by atoms with Crippen molar-refractivity contribution in [2.75, 3.05) is 6.54 Å². The van der Waals surface area contributed by atoms with Crippen LogP contribution in [-0.4, -0.2) is 18.4 Å². The third-order valence-corrected chi connectivity index (χ3v) is 4.81. The maximum Gasteiger partial charge on any atom is 0.265 e. The topological polar surface area (TPSA) is 70.2 Å². The first kappa shape index (κ1) is 22.6. The maximum absolute atomic E-state index is 12.2. The van der Waals surface area contributed by atoms with Crippen LogP contribution in [0.2, 0.25) is 0 Å². The molecular formula is C24H33N3O2. The fourth-order valence-corrected chi connectivity index (χ4v) is 3.03. The molecule has 2 amide bonds. The molecule has 0 saturated carbocycles. The zero-order valence-electron chi connectivity index (χ0n) is 17.4. The van der Waals surface area contributed by atoms with Crippen molar-refractivity contribution in [2.24, 2.45) is 0 Å². The van der Waals surface area contributed by atoms with Gasteiger partial charge >= 0.3 is 0 Å². The molecule has 0 radical (unpaired) electrons. The molecule has 2 aromatic rings. The molecule has 0 bridgehead atoms. The minimum Gasteiger partial charge on any atom is -0.348 e. The van der Waals surface area contributed by atoms with Gasteiger partial charge in [-0.25, -0.2) is 5.43 Å². The second-order valence-electron chi connectivity index (χ2n) is 7.25. The lowest BCUT2D eigenvalue weighted by atomic mass is 10.1. The van der Waals surface area contributed by atoms with E-state index in [2.05, 4.69) is 23.1 Å². The molecule has 5 nitrogen and oxygen atoms in total. The Labute approximate surface area is 174 Å². The van der Waals surface area contributed by atoms with Crippen LogP contribution < -0.4 is 16.2 Å². The Morgan fingerprint density at radius 1 is 0.724 bits per heavy atom. The number of unbranched alkanes of at least 4 members (excludes halogenated alkanes) is 6. The Hall–Kier alpha value is -2.66. The van der Waals surface area contributed by atoms with E-state index >= 15 is 0 Å². The molecule has 5 heteroatoms. The van der Waals surface area contributed by atoms with E-state index in [-0.39, 0.29) is 11.8 Å². The zero-order valence-corrected chi connectivity index (χ0v) is 17.4. The highest BCUT2D eigenvalue weighted by molar-refractivity contribution is 5.94. The minimum atomic E-state index is -0.146. The van der Waals surface area contributed by atoms with Gasteiger partial charge in [0.2, 0.25) is 0 Å². The van der Waals surface area contributed by atoms with Gasteiger partial charge in [-0.1, -0.05) is 75.8 Å². The number of benzene rings is 2. The van der Waals surface area contributed by atoms with Crippen molar-refractivity contribution < 1.29 is 9.59 Å². The Morgan fingerprint density at radius 3 is 2.03 bits per heavy atom. The van der Waals surface area contributed by atoms with Crippen LogP contribution in [0.1, 0.15) is 78.1 Å². The summed E-state index contributed by atoms with van der Waals surface area (Å²) in [7, 11) is 0. The summed E-state index contributed by atoms with van der Waals surface area (Å²) in [6.45, 7) is 3.43. The van der Waals surface area contributed by atoms with Gasteiger partial charge < -0.3 is 5.32 Å². The molecule has 3 N–H and O–H groups in total. The summed E-state index contributed by atoms with van der Waals surface area (Å²) in [5.74, 6) is -0.255. The van der Waals surface area contributed by atoms with Crippen LogP contribution in [0.25, 0.3) is 0 Å². The largest absolute Gasteiger partial charge is 0.348 e. The molecule has 0 aliphatic rings. The van der Waals surface area contributed by atoms with Gasteiger partial charge in [0.25, 0.3) is 11.8 Å². The van der Waals surface area contributed by atoms with Gasteiger partial charge in [-0.15, -0.1) is 0 Å². The quantitative estimate of drug-likeness (QED) is 0.343. The number of carbonyl (C=O) groups is 2. The number of rotatable bonds is 13. The van der Waals surface area contributed by atoms with Gasteiger partial charge in [0.15, 0.2) is 0 Å². The van der Waals surface area contributed by atoms with E-state index in [0.29, 0.717) is 17.7 Å². The van der Waals surface area contributed by atoms with Crippen molar-refractivity contribution >= 4 is 11.8 Å². The van der Waals surface area contributed by atoms with Crippen molar-refractivity contribution in [3.05, 3.63) is 71.3 Å². The van der Waals surface area contributed by atoms with Crippen molar-refractivity contribution in [3.8, 4) is 0 Å². The van der Waals surface area contributed by atoms with E-state index in [1.165, 1.54) is 38.5 Å². The van der Waals surface area contributed by atoms with E-state index in [9.17, 15) is 9.59 Å². The monoisotopic (exact) mass is 395 g/mol. The Bertz CT molecular complexity index is 730. The lowest BCUT2D eigenvalue weighted by molar-refractivity contribution is 0.0929. The second kappa shape index (κ2) is 13.5. The molecule has 0 fully saturated rings. The second-order valence-corrected chi connectivity index (χ2v) is 7.25. The van der Waals surface area contributed by atoms with Crippen molar-refractivity contribution in [3.63, 3.8) is 0 Å². The molecule has 0 atom stereocenters. The Morgan fingerprint density at radius 2 is 1.34 bits per heavy atom. The predicted molar refractivity (Wildman–Crippen MR) is 118 cm³/mol. The van der Waals surface area contributed by atoms with Gasteiger partial charge in [-0.2, -0.15) is 0 Å². The normalized spacial score (nSPS) is 10.5. The van der Waals surface area contributed by atoms with Crippen LogP contribution >= 0.6 is 0 Å². The van der Waals surface area contributed by atoms with Crippen LogP contribution in [-0.2, 0) is 6.54 Å². The highest BCUT2D eigenvalue weighted by atomic mass is 16.2. The standard InChI is InChI=1S/C24H33N3O2/c1-2-3-4-5-6-7-11-18-26-27-24(29)22-16-14-20(15-17-22)19-25-23(28)21-12-9-8-10-13-21/h8-10,12-17,26H,2-7,11,18-19H2,1H3,(H,25,28)(H,27,29). The highest BCUT2D eigenvalue weighted by Gasteiger charge is 2.06. The molecular weight excluding hydrogens is 362 g/mol. The van der Waals surface area contributed by atoms with Crippen molar-refractivity contribution in [1.82, 2.24) is 16.2 Å². The highest BCUT2D eigenvalue weighted by Crippen LogP contribution is 2.07. The number of hydrogen-bond donors (Lipinski definition) is 3. The van der Waals surface area contributed by atoms with Gasteiger partial charge in [0.05, 0.1) is 0 Å². The van der Waals surface area contributed by atoms with Crippen LogP contribution in [0.4, 0.5) is 0 Å². The van der Waals surface area contributed by atoms with E-state index in [4.69, 9.17) is 0 Å². The van der Waals surface area contributed by atoms with Gasteiger partial charge in [-0.3, -0.25) is 15.0 Å². The van der Waals surface area contributed by atoms with Crippen molar-refractivity contribution in [2.45, 2.75) is 58.4 Å². The summed E-state index contributed by atoms with van der Waals surface area (Å²) in [5, 5.41) is 2.88. The van der Waals surface area contributed by atoms with Crippen molar-refractivity contribution in [1.29, 1.82) is 0 Å². The number of amides is 2. The summed E-state index contributed by atoms with van der Waals surface area (Å²) in [6.07, 6.45) is 8.74. The molecule has 2 aromatic carbocycles. The molecule has 29 heavy (non-hydrogen) atoms. The van der Waals surface area contributed by atoms with Gasteiger partial charge in [-0.05, 0) is 36.2 Å². The minimum absolute atomic E-state index is 0.109. The van der Waals surface area contributed by atoms with Crippen LogP contribution in [0.3, 0.4) is 0 Å². The third-order valence-electron chi connectivity index (χ3n) is 4.81. The molecule has 0 aromatic heterocycles.